The highest BCUT2D eigenvalue weighted by molar-refractivity contribution is 5.79. The maximum absolute atomic E-state index is 12.8. The fourth-order valence-corrected chi connectivity index (χ4v) is 2.88. The first-order valence-electron chi connectivity index (χ1n) is 8.91. The van der Waals surface area contributed by atoms with Crippen LogP contribution in [0.15, 0.2) is 18.2 Å². The summed E-state index contributed by atoms with van der Waals surface area (Å²) in [4.78, 5) is 26.3. The second-order valence-corrected chi connectivity index (χ2v) is 6.02. The van der Waals surface area contributed by atoms with Crippen LogP contribution in [0.2, 0.25) is 0 Å². The van der Waals surface area contributed by atoms with Gasteiger partial charge < -0.3 is 19.1 Å². The Morgan fingerprint density at radius 3 is 2.56 bits per heavy atom. The third-order valence-electron chi connectivity index (χ3n) is 4.35. The molecule has 0 saturated heterocycles. The quantitative estimate of drug-likeness (QED) is 0.641. The summed E-state index contributed by atoms with van der Waals surface area (Å²) < 4.78 is 15.7. The van der Waals surface area contributed by atoms with Gasteiger partial charge in [0.15, 0.2) is 11.5 Å². The molecule has 6 nitrogen and oxygen atoms in total. The Kier molecular flexibility index (Phi) is 7.10. The minimum absolute atomic E-state index is 0.0313. The second-order valence-electron chi connectivity index (χ2n) is 6.02. The van der Waals surface area contributed by atoms with Crippen molar-refractivity contribution in [2.75, 3.05) is 19.9 Å². The Hall–Kier alpha value is -2.24. The van der Waals surface area contributed by atoms with E-state index in [2.05, 4.69) is 0 Å². The molecule has 1 aliphatic rings. The number of carbonyl (C=O) groups excluding carboxylic acids is 2. The second kappa shape index (κ2) is 9.30. The number of rotatable bonds is 9. The largest absolute Gasteiger partial charge is 0.466 e. The van der Waals surface area contributed by atoms with Crippen LogP contribution in [0.3, 0.4) is 0 Å². The summed E-state index contributed by atoms with van der Waals surface area (Å²) in [5, 5.41) is 0. The molecule has 0 N–H and O–H groups in total. The number of esters is 1. The molecule has 0 bridgehead atoms. The molecule has 1 aromatic carbocycles. The van der Waals surface area contributed by atoms with Gasteiger partial charge in [-0.3, -0.25) is 9.59 Å². The van der Waals surface area contributed by atoms with Crippen LogP contribution >= 0.6 is 0 Å². The SMILES string of the molecule is CCOC(=O)CCN(Cc1ccc2c(c1)OCO2)C(=O)C(CC)CC. The van der Waals surface area contributed by atoms with Crippen LogP contribution in [0.25, 0.3) is 0 Å². The van der Waals surface area contributed by atoms with Gasteiger partial charge in [0.25, 0.3) is 0 Å². The molecular weight excluding hydrogens is 322 g/mol. The van der Waals surface area contributed by atoms with Gasteiger partial charge in [-0.1, -0.05) is 19.9 Å². The summed E-state index contributed by atoms with van der Waals surface area (Å²) >= 11 is 0. The lowest BCUT2D eigenvalue weighted by molar-refractivity contribution is -0.144. The van der Waals surface area contributed by atoms with Gasteiger partial charge in [0, 0.05) is 19.0 Å². The lowest BCUT2D eigenvalue weighted by Crippen LogP contribution is -2.37. The standard InChI is InChI=1S/C19H27NO5/c1-4-15(5-2)19(22)20(10-9-18(21)23-6-3)12-14-7-8-16-17(11-14)25-13-24-16/h7-8,11,15H,4-6,9-10,12-13H2,1-3H3. The Balaban J connectivity index is 2.09. The highest BCUT2D eigenvalue weighted by Crippen LogP contribution is 2.33. The predicted molar refractivity (Wildman–Crippen MR) is 93.3 cm³/mol. The van der Waals surface area contributed by atoms with Crippen molar-refractivity contribution in [3.63, 3.8) is 0 Å². The van der Waals surface area contributed by atoms with Crippen molar-refractivity contribution in [3.05, 3.63) is 23.8 Å². The first-order valence-corrected chi connectivity index (χ1v) is 8.91. The van der Waals surface area contributed by atoms with E-state index in [4.69, 9.17) is 14.2 Å². The van der Waals surface area contributed by atoms with E-state index in [1.165, 1.54) is 0 Å². The van der Waals surface area contributed by atoms with Crippen LogP contribution in [-0.2, 0) is 20.9 Å². The van der Waals surface area contributed by atoms with Crippen molar-refractivity contribution >= 4 is 11.9 Å². The van der Waals surface area contributed by atoms with Crippen molar-refractivity contribution < 1.29 is 23.8 Å². The molecule has 25 heavy (non-hydrogen) atoms. The Morgan fingerprint density at radius 2 is 1.88 bits per heavy atom. The van der Waals surface area contributed by atoms with Gasteiger partial charge in [0.2, 0.25) is 12.7 Å². The molecule has 0 radical (unpaired) electrons. The maximum Gasteiger partial charge on any atom is 0.307 e. The monoisotopic (exact) mass is 349 g/mol. The summed E-state index contributed by atoms with van der Waals surface area (Å²) in [5.41, 5.74) is 0.951. The van der Waals surface area contributed by atoms with Gasteiger partial charge in [-0.25, -0.2) is 0 Å². The molecule has 0 aliphatic carbocycles. The van der Waals surface area contributed by atoms with E-state index >= 15 is 0 Å². The molecule has 1 aliphatic heterocycles. The molecule has 0 unspecified atom stereocenters. The number of fused-ring (bicyclic) bond motifs is 1. The normalized spacial score (nSPS) is 12.3. The van der Waals surface area contributed by atoms with E-state index in [1.54, 1.807) is 11.8 Å². The highest BCUT2D eigenvalue weighted by Gasteiger charge is 2.23. The minimum Gasteiger partial charge on any atom is -0.466 e. The number of hydrogen-bond donors (Lipinski definition) is 0. The van der Waals surface area contributed by atoms with E-state index in [-0.39, 0.29) is 31.0 Å². The van der Waals surface area contributed by atoms with E-state index in [1.807, 2.05) is 32.0 Å². The minimum atomic E-state index is -0.282. The number of amides is 1. The summed E-state index contributed by atoms with van der Waals surface area (Å²) in [7, 11) is 0. The summed E-state index contributed by atoms with van der Waals surface area (Å²) in [5.74, 6) is 1.17. The molecule has 6 heteroatoms. The van der Waals surface area contributed by atoms with Crippen LogP contribution in [0, 0.1) is 5.92 Å². The molecule has 0 aromatic heterocycles. The zero-order chi connectivity index (χ0) is 18.2. The first-order chi connectivity index (χ1) is 12.1. The van der Waals surface area contributed by atoms with Crippen molar-refractivity contribution in [1.29, 1.82) is 0 Å². The Labute approximate surface area is 149 Å². The summed E-state index contributed by atoms with van der Waals surface area (Å²) in [6, 6.07) is 5.66. The fourth-order valence-electron chi connectivity index (χ4n) is 2.88. The Morgan fingerprint density at radius 1 is 1.16 bits per heavy atom. The predicted octanol–water partition coefficient (Wildman–Crippen LogP) is 3.13. The number of nitrogens with zero attached hydrogens (tertiary/aromatic N) is 1. The molecule has 1 aromatic rings. The molecule has 2 rings (SSSR count). The molecule has 0 atom stereocenters. The van der Waals surface area contributed by atoms with E-state index in [9.17, 15) is 9.59 Å². The zero-order valence-electron chi connectivity index (χ0n) is 15.2. The number of benzene rings is 1. The van der Waals surface area contributed by atoms with Crippen LogP contribution in [-0.4, -0.2) is 36.7 Å². The van der Waals surface area contributed by atoms with E-state index in [0.717, 1.165) is 18.4 Å². The van der Waals surface area contributed by atoms with Gasteiger partial charge in [0.05, 0.1) is 13.0 Å². The zero-order valence-corrected chi connectivity index (χ0v) is 15.2. The topological polar surface area (TPSA) is 65.1 Å². The van der Waals surface area contributed by atoms with Gasteiger partial charge >= 0.3 is 5.97 Å². The van der Waals surface area contributed by atoms with Gasteiger partial charge in [0.1, 0.15) is 0 Å². The van der Waals surface area contributed by atoms with Crippen molar-refractivity contribution in [3.8, 4) is 11.5 Å². The Bertz CT molecular complexity index is 597. The smallest absolute Gasteiger partial charge is 0.307 e. The molecule has 1 heterocycles. The lowest BCUT2D eigenvalue weighted by Gasteiger charge is -2.26. The van der Waals surface area contributed by atoms with Crippen LogP contribution in [0.1, 0.15) is 45.6 Å². The average Bonchev–Trinajstić information content (AvgIpc) is 3.07. The van der Waals surface area contributed by atoms with Crippen molar-refractivity contribution in [1.82, 2.24) is 4.90 Å². The summed E-state index contributed by atoms with van der Waals surface area (Å²) in [6.07, 6.45) is 1.77. The van der Waals surface area contributed by atoms with Gasteiger partial charge in [-0.2, -0.15) is 0 Å². The molecule has 138 valence electrons. The van der Waals surface area contributed by atoms with Crippen LogP contribution in [0.5, 0.6) is 11.5 Å². The summed E-state index contributed by atoms with van der Waals surface area (Å²) in [6.45, 7) is 7.15. The molecule has 0 saturated carbocycles. The molecule has 0 fully saturated rings. The van der Waals surface area contributed by atoms with Gasteiger partial charge in [-0.05, 0) is 37.5 Å². The maximum atomic E-state index is 12.8. The first kappa shape index (κ1) is 19.1. The van der Waals surface area contributed by atoms with E-state index in [0.29, 0.717) is 31.2 Å². The van der Waals surface area contributed by atoms with E-state index < -0.39 is 0 Å². The number of hydrogen-bond acceptors (Lipinski definition) is 5. The molecule has 0 spiro atoms. The molecular formula is C19H27NO5. The van der Waals surface area contributed by atoms with Crippen molar-refractivity contribution in [2.45, 2.75) is 46.6 Å². The van der Waals surface area contributed by atoms with Gasteiger partial charge in [-0.15, -0.1) is 0 Å². The van der Waals surface area contributed by atoms with Crippen molar-refractivity contribution in [2.24, 2.45) is 5.92 Å². The van der Waals surface area contributed by atoms with Crippen LogP contribution in [0.4, 0.5) is 0 Å². The third-order valence-corrected chi connectivity index (χ3v) is 4.35. The average molecular weight is 349 g/mol. The third kappa shape index (κ3) is 5.11. The highest BCUT2D eigenvalue weighted by atomic mass is 16.7. The van der Waals surface area contributed by atoms with Crippen LogP contribution < -0.4 is 9.47 Å². The number of carbonyl (C=O) groups is 2. The molecule has 1 amide bonds. The number of ether oxygens (including phenoxy) is 3. The fraction of sp³-hybridized carbons (Fsp3) is 0.579. The lowest BCUT2D eigenvalue weighted by atomic mass is 10.0.